The van der Waals surface area contributed by atoms with E-state index in [9.17, 15) is 9.59 Å². The number of likely N-dealkylation sites (tertiary alicyclic amines) is 1. The van der Waals surface area contributed by atoms with E-state index in [4.69, 9.17) is 4.98 Å². The van der Waals surface area contributed by atoms with Crippen LogP contribution in [-0.2, 0) is 17.8 Å². The maximum absolute atomic E-state index is 13.7. The second-order valence-electron chi connectivity index (χ2n) is 11.7. The Hall–Kier alpha value is -2.21. The lowest BCUT2D eigenvalue weighted by Crippen LogP contribution is -2.34. The van der Waals surface area contributed by atoms with Gasteiger partial charge in [-0.15, -0.1) is 0 Å². The molecule has 6 heteroatoms. The molecule has 1 aromatic heterocycles. The zero-order valence-electron chi connectivity index (χ0n) is 24.1. The van der Waals surface area contributed by atoms with Crippen molar-refractivity contribution in [3.05, 3.63) is 29.6 Å². The summed E-state index contributed by atoms with van der Waals surface area (Å²) in [6, 6.07) is 5.99. The van der Waals surface area contributed by atoms with Crippen molar-refractivity contribution in [2.45, 2.75) is 99.0 Å². The fourth-order valence-electron chi connectivity index (χ4n) is 5.13. The summed E-state index contributed by atoms with van der Waals surface area (Å²) in [5.74, 6) is 2.48. The van der Waals surface area contributed by atoms with Gasteiger partial charge in [-0.3, -0.25) is 9.59 Å². The first kappa shape index (κ1) is 29.3. The number of nitrogens with zero attached hydrogens (tertiary/aromatic N) is 4. The van der Waals surface area contributed by atoms with Crippen molar-refractivity contribution >= 4 is 22.7 Å². The van der Waals surface area contributed by atoms with Gasteiger partial charge in [0, 0.05) is 44.5 Å². The van der Waals surface area contributed by atoms with Crippen molar-refractivity contribution in [1.82, 2.24) is 19.4 Å². The van der Waals surface area contributed by atoms with Crippen LogP contribution in [0.1, 0.15) is 102 Å². The van der Waals surface area contributed by atoms with Crippen molar-refractivity contribution in [1.29, 1.82) is 0 Å². The van der Waals surface area contributed by atoms with E-state index < -0.39 is 0 Å². The Bertz CT molecular complexity index is 992. The van der Waals surface area contributed by atoms with Gasteiger partial charge in [-0.25, -0.2) is 4.98 Å². The summed E-state index contributed by atoms with van der Waals surface area (Å²) >= 11 is 0. The van der Waals surface area contributed by atoms with Crippen molar-refractivity contribution in [3.63, 3.8) is 0 Å². The molecule has 0 aliphatic carbocycles. The third-order valence-electron chi connectivity index (χ3n) is 7.64. The SMILES string of the molecule is CCC(=O)CCc1nc2ccc(C(=O)N(CCC(C)C)CCC(C)C)cc2n1CCCN1CCCCC1. The Labute approximate surface area is 224 Å². The summed E-state index contributed by atoms with van der Waals surface area (Å²) in [5.41, 5.74) is 2.69. The normalized spacial score (nSPS) is 14.7. The number of aromatic nitrogens is 2. The number of hydrogen-bond acceptors (Lipinski definition) is 4. The zero-order valence-corrected chi connectivity index (χ0v) is 24.1. The fourth-order valence-corrected chi connectivity index (χ4v) is 5.13. The predicted octanol–water partition coefficient (Wildman–Crippen LogP) is 6.36. The molecule has 1 amide bonds. The highest BCUT2D eigenvalue weighted by Gasteiger charge is 2.20. The Morgan fingerprint density at radius 1 is 0.973 bits per heavy atom. The van der Waals surface area contributed by atoms with E-state index in [-0.39, 0.29) is 11.7 Å². The number of hydrogen-bond donors (Lipinski definition) is 0. The summed E-state index contributed by atoms with van der Waals surface area (Å²) in [4.78, 5) is 35.3. The average Bonchev–Trinajstić information content (AvgIpc) is 3.23. The molecule has 1 fully saturated rings. The smallest absolute Gasteiger partial charge is 0.253 e. The lowest BCUT2D eigenvalue weighted by molar-refractivity contribution is -0.118. The molecular formula is C31H50N4O2. The summed E-state index contributed by atoms with van der Waals surface area (Å²) in [6.07, 6.45) is 8.76. The van der Waals surface area contributed by atoms with E-state index in [1.807, 2.05) is 24.0 Å². The van der Waals surface area contributed by atoms with Crippen LogP contribution in [-0.4, -0.2) is 63.8 Å². The molecule has 2 aromatic rings. The lowest BCUT2D eigenvalue weighted by Gasteiger charge is -2.26. The van der Waals surface area contributed by atoms with Crippen LogP contribution < -0.4 is 0 Å². The number of piperidine rings is 1. The lowest BCUT2D eigenvalue weighted by atomic mass is 10.1. The molecule has 0 radical (unpaired) electrons. The molecular weight excluding hydrogens is 460 g/mol. The zero-order chi connectivity index (χ0) is 26.8. The second-order valence-corrected chi connectivity index (χ2v) is 11.7. The minimum atomic E-state index is 0.118. The molecule has 0 atom stereocenters. The monoisotopic (exact) mass is 510 g/mol. The van der Waals surface area contributed by atoms with Crippen LogP contribution >= 0.6 is 0 Å². The van der Waals surface area contributed by atoms with Gasteiger partial charge >= 0.3 is 0 Å². The Kier molecular flexibility index (Phi) is 11.6. The van der Waals surface area contributed by atoms with Crippen LogP contribution in [0.2, 0.25) is 0 Å². The van der Waals surface area contributed by atoms with E-state index in [1.165, 1.54) is 32.4 Å². The van der Waals surface area contributed by atoms with Crippen molar-refractivity contribution in [2.24, 2.45) is 11.8 Å². The number of fused-ring (bicyclic) bond motifs is 1. The third kappa shape index (κ3) is 8.94. The van der Waals surface area contributed by atoms with Crippen molar-refractivity contribution < 1.29 is 9.59 Å². The van der Waals surface area contributed by atoms with Gasteiger partial charge in [0.25, 0.3) is 5.91 Å². The van der Waals surface area contributed by atoms with Crippen LogP contribution in [0.15, 0.2) is 18.2 Å². The topological polar surface area (TPSA) is 58.4 Å². The molecule has 206 valence electrons. The number of imidazole rings is 1. The molecule has 0 spiro atoms. The highest BCUT2D eigenvalue weighted by atomic mass is 16.2. The van der Waals surface area contributed by atoms with Gasteiger partial charge in [0.2, 0.25) is 0 Å². The Morgan fingerprint density at radius 3 is 2.27 bits per heavy atom. The van der Waals surface area contributed by atoms with Gasteiger partial charge in [-0.05, 0) is 81.8 Å². The number of ketones is 1. The molecule has 6 nitrogen and oxygen atoms in total. The van der Waals surface area contributed by atoms with Gasteiger partial charge in [-0.1, -0.05) is 41.0 Å². The molecule has 1 aliphatic rings. The molecule has 37 heavy (non-hydrogen) atoms. The van der Waals surface area contributed by atoms with Crippen LogP contribution in [0.25, 0.3) is 11.0 Å². The molecule has 0 bridgehead atoms. The number of carbonyl (C=O) groups is 2. The van der Waals surface area contributed by atoms with Gasteiger partial charge < -0.3 is 14.4 Å². The number of Topliss-reactive ketones (excluding diaryl/α,β-unsaturated/α-hetero) is 1. The minimum absolute atomic E-state index is 0.118. The maximum Gasteiger partial charge on any atom is 0.253 e. The van der Waals surface area contributed by atoms with Crippen molar-refractivity contribution in [2.75, 3.05) is 32.7 Å². The van der Waals surface area contributed by atoms with E-state index in [2.05, 4.69) is 43.2 Å². The molecule has 1 aromatic carbocycles. The molecule has 1 saturated heterocycles. The first-order valence-electron chi connectivity index (χ1n) is 14.8. The van der Waals surface area contributed by atoms with Gasteiger partial charge in [0.1, 0.15) is 11.6 Å². The number of amides is 1. The van der Waals surface area contributed by atoms with E-state index in [0.717, 1.165) is 67.9 Å². The highest BCUT2D eigenvalue weighted by Crippen LogP contribution is 2.22. The highest BCUT2D eigenvalue weighted by molar-refractivity contribution is 5.97. The van der Waals surface area contributed by atoms with E-state index in [0.29, 0.717) is 31.1 Å². The summed E-state index contributed by atoms with van der Waals surface area (Å²) in [6.45, 7) is 16.7. The van der Waals surface area contributed by atoms with Gasteiger partial charge in [-0.2, -0.15) is 0 Å². The largest absolute Gasteiger partial charge is 0.339 e. The van der Waals surface area contributed by atoms with Crippen LogP contribution in [0.3, 0.4) is 0 Å². The van der Waals surface area contributed by atoms with E-state index in [1.54, 1.807) is 0 Å². The number of carbonyl (C=O) groups excluding carboxylic acids is 2. The van der Waals surface area contributed by atoms with Crippen LogP contribution in [0, 0.1) is 11.8 Å². The fraction of sp³-hybridized carbons (Fsp3) is 0.710. The quantitative estimate of drug-likeness (QED) is 0.280. The Morgan fingerprint density at radius 2 is 1.65 bits per heavy atom. The standard InChI is InChI=1S/C31H50N4O2/c1-6-27(36)12-14-30-32-28-13-11-26(31(37)34(21-15-24(2)3)22-16-25(4)5)23-29(28)35(30)20-10-19-33-17-8-7-9-18-33/h11,13,23-25H,6-10,12,14-22H2,1-5H3. The summed E-state index contributed by atoms with van der Waals surface area (Å²) in [5, 5.41) is 0. The molecule has 0 unspecified atom stereocenters. The maximum atomic E-state index is 13.7. The first-order chi connectivity index (χ1) is 17.8. The number of benzene rings is 1. The molecule has 1 aliphatic heterocycles. The summed E-state index contributed by atoms with van der Waals surface area (Å²) < 4.78 is 2.28. The van der Waals surface area contributed by atoms with Crippen LogP contribution in [0.4, 0.5) is 0 Å². The van der Waals surface area contributed by atoms with Crippen molar-refractivity contribution in [3.8, 4) is 0 Å². The predicted molar refractivity (Wildman–Crippen MR) is 153 cm³/mol. The average molecular weight is 511 g/mol. The number of aryl methyl sites for hydroxylation is 2. The van der Waals surface area contributed by atoms with Crippen LogP contribution in [0.5, 0.6) is 0 Å². The minimum Gasteiger partial charge on any atom is -0.339 e. The van der Waals surface area contributed by atoms with Gasteiger partial charge in [0.05, 0.1) is 11.0 Å². The van der Waals surface area contributed by atoms with E-state index >= 15 is 0 Å². The van der Waals surface area contributed by atoms with Gasteiger partial charge in [0.15, 0.2) is 0 Å². The number of rotatable bonds is 15. The first-order valence-corrected chi connectivity index (χ1v) is 14.8. The Balaban J connectivity index is 1.84. The summed E-state index contributed by atoms with van der Waals surface area (Å²) in [7, 11) is 0. The molecule has 0 N–H and O–H groups in total. The molecule has 0 saturated carbocycles. The second kappa shape index (κ2) is 14.7. The third-order valence-corrected chi connectivity index (χ3v) is 7.64. The molecule has 3 rings (SSSR count). The molecule has 2 heterocycles.